The summed E-state index contributed by atoms with van der Waals surface area (Å²) < 4.78 is 2.42. The molecule has 0 bridgehead atoms. The second-order valence-corrected chi connectivity index (χ2v) is 4.80. The van der Waals surface area contributed by atoms with E-state index in [9.17, 15) is 4.79 Å². The van der Waals surface area contributed by atoms with E-state index in [1.807, 2.05) is 38.1 Å². The lowest BCUT2D eigenvalue weighted by Crippen LogP contribution is -2.14. The first-order valence-corrected chi connectivity index (χ1v) is 6.51. The van der Waals surface area contributed by atoms with Crippen molar-refractivity contribution in [2.45, 2.75) is 20.4 Å². The molecule has 0 fully saturated rings. The number of nitrogens with one attached hydrogen (secondary N) is 1. The Labute approximate surface area is 114 Å². The third kappa shape index (κ3) is 2.61. The zero-order valence-corrected chi connectivity index (χ0v) is 11.9. The number of halogens is 1. The summed E-state index contributed by atoms with van der Waals surface area (Å²) in [6.07, 6.45) is 1.80. The van der Waals surface area contributed by atoms with Crippen molar-refractivity contribution in [2.75, 3.05) is 5.32 Å². The molecule has 0 aliphatic heterocycles. The lowest BCUT2D eigenvalue weighted by Gasteiger charge is -2.06. The highest BCUT2D eigenvalue weighted by Crippen LogP contribution is 2.18. The first-order valence-electron chi connectivity index (χ1n) is 5.71. The van der Waals surface area contributed by atoms with Crippen molar-refractivity contribution in [3.05, 3.63) is 46.2 Å². The number of aryl methyl sites for hydroxylation is 2. The number of benzene rings is 1. The van der Waals surface area contributed by atoms with E-state index in [1.54, 1.807) is 10.9 Å². The van der Waals surface area contributed by atoms with Crippen LogP contribution in [-0.4, -0.2) is 15.7 Å². The second-order valence-electron chi connectivity index (χ2n) is 3.95. The smallest absolute Gasteiger partial charge is 0.277 e. The molecule has 0 atom stereocenters. The molecule has 1 amide bonds. The lowest BCUT2D eigenvalue weighted by molar-refractivity contribution is 0.102. The van der Waals surface area contributed by atoms with E-state index >= 15 is 0 Å². The molecule has 0 aliphatic rings. The number of hydrogen-bond donors (Lipinski definition) is 1. The molecule has 1 aromatic carbocycles. The Kier molecular flexibility index (Phi) is 3.81. The molecule has 94 valence electrons. The Morgan fingerprint density at radius 3 is 2.78 bits per heavy atom. The summed E-state index contributed by atoms with van der Waals surface area (Å²) >= 11 is 3.35. The Balaban J connectivity index is 2.22. The Hall–Kier alpha value is -1.62. The molecule has 2 rings (SSSR count). The fourth-order valence-corrected chi connectivity index (χ4v) is 2.10. The van der Waals surface area contributed by atoms with Gasteiger partial charge in [0.25, 0.3) is 5.91 Å². The fraction of sp³-hybridized carbons (Fsp3) is 0.231. The third-order valence-corrected chi connectivity index (χ3v) is 3.23. The molecule has 0 unspecified atom stereocenters. The largest absolute Gasteiger partial charge is 0.320 e. The van der Waals surface area contributed by atoms with Gasteiger partial charge in [-0.2, -0.15) is 5.10 Å². The molecule has 0 spiro atoms. The van der Waals surface area contributed by atoms with Crippen LogP contribution in [0.3, 0.4) is 0 Å². The van der Waals surface area contributed by atoms with Crippen molar-refractivity contribution in [1.29, 1.82) is 0 Å². The van der Waals surface area contributed by atoms with Gasteiger partial charge in [-0.25, -0.2) is 0 Å². The van der Waals surface area contributed by atoms with E-state index < -0.39 is 0 Å². The van der Waals surface area contributed by atoms with Gasteiger partial charge >= 0.3 is 0 Å². The van der Waals surface area contributed by atoms with Gasteiger partial charge in [-0.15, -0.1) is 0 Å². The van der Waals surface area contributed by atoms with E-state index in [4.69, 9.17) is 0 Å². The number of carbonyl (C=O) groups is 1. The van der Waals surface area contributed by atoms with Crippen LogP contribution in [0.1, 0.15) is 23.0 Å². The van der Waals surface area contributed by atoms with Crippen molar-refractivity contribution in [3.8, 4) is 0 Å². The topological polar surface area (TPSA) is 46.9 Å². The van der Waals surface area contributed by atoms with Crippen molar-refractivity contribution >= 4 is 27.5 Å². The molecule has 18 heavy (non-hydrogen) atoms. The van der Waals surface area contributed by atoms with Gasteiger partial charge in [0.05, 0.1) is 4.47 Å². The van der Waals surface area contributed by atoms with Crippen LogP contribution in [0.5, 0.6) is 0 Å². The molecular weight excluding hydrogens is 294 g/mol. The van der Waals surface area contributed by atoms with Crippen molar-refractivity contribution < 1.29 is 4.79 Å². The zero-order valence-electron chi connectivity index (χ0n) is 10.3. The van der Waals surface area contributed by atoms with Crippen LogP contribution >= 0.6 is 15.9 Å². The summed E-state index contributed by atoms with van der Waals surface area (Å²) in [5.74, 6) is -0.205. The van der Waals surface area contributed by atoms with Gasteiger partial charge in [-0.1, -0.05) is 18.2 Å². The maximum absolute atomic E-state index is 12.1. The molecule has 1 N–H and O–H groups in total. The lowest BCUT2D eigenvalue weighted by atomic mass is 10.2. The number of anilines is 1. The third-order valence-electron chi connectivity index (χ3n) is 2.65. The number of aromatic nitrogens is 2. The standard InChI is InChI=1S/C13H14BrN3O/c1-3-17-8-10(14)12(16-17)13(18)15-11-7-5-4-6-9(11)2/h4-8H,3H2,1-2H3,(H,15,18). The minimum Gasteiger partial charge on any atom is -0.320 e. The van der Waals surface area contributed by atoms with E-state index in [0.717, 1.165) is 17.8 Å². The van der Waals surface area contributed by atoms with Crippen LogP contribution in [0.2, 0.25) is 0 Å². The van der Waals surface area contributed by atoms with E-state index in [-0.39, 0.29) is 5.91 Å². The van der Waals surface area contributed by atoms with Crippen LogP contribution in [0.25, 0.3) is 0 Å². The average molecular weight is 308 g/mol. The van der Waals surface area contributed by atoms with Crippen molar-refractivity contribution in [3.63, 3.8) is 0 Å². The van der Waals surface area contributed by atoms with Gasteiger partial charge in [0, 0.05) is 18.4 Å². The molecule has 0 saturated carbocycles. The number of hydrogen-bond acceptors (Lipinski definition) is 2. The van der Waals surface area contributed by atoms with E-state index in [0.29, 0.717) is 10.2 Å². The maximum Gasteiger partial charge on any atom is 0.277 e. The summed E-state index contributed by atoms with van der Waals surface area (Å²) in [5.41, 5.74) is 2.23. The number of para-hydroxylation sites is 1. The normalized spacial score (nSPS) is 10.4. The van der Waals surface area contributed by atoms with Gasteiger partial charge < -0.3 is 5.32 Å². The van der Waals surface area contributed by atoms with Crippen LogP contribution in [0, 0.1) is 6.92 Å². The van der Waals surface area contributed by atoms with Gasteiger partial charge in [0.15, 0.2) is 5.69 Å². The second kappa shape index (κ2) is 5.35. The van der Waals surface area contributed by atoms with Crippen LogP contribution in [0.4, 0.5) is 5.69 Å². The molecule has 1 aromatic heterocycles. The van der Waals surface area contributed by atoms with Gasteiger partial charge in [-0.05, 0) is 41.4 Å². The molecule has 0 saturated heterocycles. The molecule has 1 heterocycles. The minimum absolute atomic E-state index is 0.205. The zero-order chi connectivity index (χ0) is 13.1. The molecule has 5 heteroatoms. The van der Waals surface area contributed by atoms with Crippen LogP contribution in [-0.2, 0) is 6.54 Å². The molecule has 2 aromatic rings. The SMILES string of the molecule is CCn1cc(Br)c(C(=O)Nc2ccccc2C)n1. The van der Waals surface area contributed by atoms with Crippen LogP contribution < -0.4 is 5.32 Å². The van der Waals surface area contributed by atoms with Gasteiger partial charge in [0.2, 0.25) is 0 Å². The summed E-state index contributed by atoms with van der Waals surface area (Å²) in [6.45, 7) is 4.66. The predicted molar refractivity (Wildman–Crippen MR) is 74.7 cm³/mol. The first kappa shape index (κ1) is 12.8. The Morgan fingerprint density at radius 2 is 2.17 bits per heavy atom. The fourth-order valence-electron chi connectivity index (χ4n) is 1.61. The summed E-state index contributed by atoms with van der Waals surface area (Å²) in [6, 6.07) is 7.66. The monoisotopic (exact) mass is 307 g/mol. The summed E-state index contributed by atoms with van der Waals surface area (Å²) in [4.78, 5) is 12.1. The molecule has 0 radical (unpaired) electrons. The number of amides is 1. The number of rotatable bonds is 3. The first-order chi connectivity index (χ1) is 8.61. The van der Waals surface area contributed by atoms with Crippen LogP contribution in [0.15, 0.2) is 34.9 Å². The van der Waals surface area contributed by atoms with E-state index in [1.165, 1.54) is 0 Å². The highest BCUT2D eigenvalue weighted by Gasteiger charge is 2.15. The number of nitrogens with zero attached hydrogens (tertiary/aromatic N) is 2. The van der Waals surface area contributed by atoms with Crippen molar-refractivity contribution in [1.82, 2.24) is 9.78 Å². The summed E-state index contributed by atoms with van der Waals surface area (Å²) in [5, 5.41) is 7.07. The van der Waals surface area contributed by atoms with E-state index in [2.05, 4.69) is 26.3 Å². The molecule has 0 aliphatic carbocycles. The van der Waals surface area contributed by atoms with Gasteiger partial charge in [-0.3, -0.25) is 9.48 Å². The quantitative estimate of drug-likeness (QED) is 0.946. The highest BCUT2D eigenvalue weighted by molar-refractivity contribution is 9.10. The number of carbonyl (C=O) groups excluding carboxylic acids is 1. The molecule has 4 nitrogen and oxygen atoms in total. The van der Waals surface area contributed by atoms with Crippen molar-refractivity contribution in [2.24, 2.45) is 0 Å². The minimum atomic E-state index is -0.205. The predicted octanol–water partition coefficient (Wildman–Crippen LogP) is 3.23. The molecular formula is C13H14BrN3O. The van der Waals surface area contributed by atoms with Gasteiger partial charge in [0.1, 0.15) is 0 Å². The maximum atomic E-state index is 12.1. The Bertz CT molecular complexity index is 577. The average Bonchev–Trinajstić information content (AvgIpc) is 2.73. The Morgan fingerprint density at radius 1 is 1.44 bits per heavy atom. The summed E-state index contributed by atoms with van der Waals surface area (Å²) in [7, 11) is 0. The highest BCUT2D eigenvalue weighted by atomic mass is 79.9.